The predicted molar refractivity (Wildman–Crippen MR) is 80.1 cm³/mol. The molecule has 1 aliphatic heterocycles. The number of halogens is 1. The van der Waals surface area contributed by atoms with Crippen molar-refractivity contribution in [3.63, 3.8) is 0 Å². The highest BCUT2D eigenvalue weighted by Crippen LogP contribution is 2.41. The topological polar surface area (TPSA) is 23.5 Å². The summed E-state index contributed by atoms with van der Waals surface area (Å²) in [5.74, 6) is 0.596. The van der Waals surface area contributed by atoms with Crippen LogP contribution < -0.4 is 4.90 Å². The van der Waals surface area contributed by atoms with Crippen molar-refractivity contribution in [2.75, 3.05) is 18.1 Å². The number of aryl methyl sites for hydroxylation is 1. The molecule has 1 saturated heterocycles. The first kappa shape index (κ1) is 13.9. The van der Waals surface area contributed by atoms with Gasteiger partial charge in [-0.15, -0.1) is 0 Å². The average Bonchev–Trinajstić information content (AvgIpc) is 2.54. The van der Waals surface area contributed by atoms with Gasteiger partial charge in [-0.2, -0.15) is 0 Å². The summed E-state index contributed by atoms with van der Waals surface area (Å²) in [5, 5.41) is 9.12. The van der Waals surface area contributed by atoms with Gasteiger partial charge in [-0.3, -0.25) is 0 Å². The third-order valence-corrected chi connectivity index (χ3v) is 4.53. The van der Waals surface area contributed by atoms with Crippen LogP contribution in [0.25, 0.3) is 0 Å². The van der Waals surface area contributed by atoms with Gasteiger partial charge in [-0.05, 0) is 73.2 Å². The molecule has 1 unspecified atom stereocenters. The van der Waals surface area contributed by atoms with E-state index in [1.54, 1.807) is 0 Å². The third kappa shape index (κ3) is 2.72. The summed E-state index contributed by atoms with van der Waals surface area (Å²) in [5.41, 5.74) is 2.71. The van der Waals surface area contributed by atoms with Crippen molar-refractivity contribution in [3.8, 4) is 0 Å². The largest absolute Gasteiger partial charge is 0.396 e. The fourth-order valence-electron chi connectivity index (χ4n) is 3.02. The van der Waals surface area contributed by atoms with Crippen LogP contribution in [-0.2, 0) is 0 Å². The normalized spacial score (nSPS) is 22.5. The second kappa shape index (κ2) is 5.22. The van der Waals surface area contributed by atoms with E-state index in [0.717, 1.165) is 19.4 Å². The molecule has 1 aromatic rings. The van der Waals surface area contributed by atoms with Crippen molar-refractivity contribution in [1.82, 2.24) is 0 Å². The Morgan fingerprint density at radius 1 is 1.44 bits per heavy atom. The number of benzene rings is 1. The first-order chi connectivity index (χ1) is 8.44. The molecule has 2 rings (SSSR count). The Morgan fingerprint density at radius 2 is 2.17 bits per heavy atom. The Morgan fingerprint density at radius 3 is 2.78 bits per heavy atom. The molecule has 1 aliphatic rings. The second-order valence-electron chi connectivity index (χ2n) is 5.96. The summed E-state index contributed by atoms with van der Waals surface area (Å²) < 4.78 is 1.17. The molecule has 1 N–H and O–H groups in total. The lowest BCUT2D eigenvalue weighted by atomic mass is 9.94. The highest BCUT2D eigenvalue weighted by Gasteiger charge is 2.38. The van der Waals surface area contributed by atoms with Crippen molar-refractivity contribution < 1.29 is 5.11 Å². The van der Waals surface area contributed by atoms with Gasteiger partial charge in [0.1, 0.15) is 0 Å². The second-order valence-corrected chi connectivity index (χ2v) is 6.81. The van der Waals surface area contributed by atoms with E-state index >= 15 is 0 Å². The highest BCUT2D eigenvalue weighted by atomic mass is 79.9. The zero-order valence-electron chi connectivity index (χ0n) is 11.4. The summed E-state index contributed by atoms with van der Waals surface area (Å²) >= 11 is 3.68. The van der Waals surface area contributed by atoms with Gasteiger partial charge in [-0.1, -0.05) is 6.07 Å². The van der Waals surface area contributed by atoms with Crippen molar-refractivity contribution in [2.24, 2.45) is 5.92 Å². The standard InChI is InChI=1S/C15H22BrNO/c1-11-4-5-14(13(16)8-11)17-10-12(6-7-18)9-15(17,2)3/h4-5,8,12,18H,6-7,9-10H2,1-3H3. The van der Waals surface area contributed by atoms with Gasteiger partial charge in [0, 0.05) is 23.2 Å². The lowest BCUT2D eigenvalue weighted by Gasteiger charge is -2.34. The van der Waals surface area contributed by atoms with Crippen molar-refractivity contribution in [1.29, 1.82) is 0 Å². The smallest absolute Gasteiger partial charge is 0.0515 e. The molecule has 18 heavy (non-hydrogen) atoms. The van der Waals surface area contributed by atoms with Crippen molar-refractivity contribution in [3.05, 3.63) is 28.2 Å². The highest BCUT2D eigenvalue weighted by molar-refractivity contribution is 9.10. The van der Waals surface area contributed by atoms with Gasteiger partial charge in [0.05, 0.1) is 5.69 Å². The van der Waals surface area contributed by atoms with Crippen LogP contribution in [0.3, 0.4) is 0 Å². The maximum atomic E-state index is 9.12. The van der Waals surface area contributed by atoms with Gasteiger partial charge >= 0.3 is 0 Å². The minimum Gasteiger partial charge on any atom is -0.396 e. The number of anilines is 1. The van der Waals surface area contributed by atoms with Gasteiger partial charge in [0.15, 0.2) is 0 Å². The molecule has 0 aliphatic carbocycles. The minimum absolute atomic E-state index is 0.164. The van der Waals surface area contributed by atoms with E-state index in [9.17, 15) is 0 Å². The van der Waals surface area contributed by atoms with Crippen molar-refractivity contribution >= 4 is 21.6 Å². The molecule has 0 amide bonds. The van der Waals surface area contributed by atoms with E-state index in [2.05, 4.69) is 59.8 Å². The molecule has 1 fully saturated rings. The SMILES string of the molecule is Cc1ccc(N2CC(CCO)CC2(C)C)c(Br)c1. The molecule has 0 radical (unpaired) electrons. The Labute approximate surface area is 118 Å². The molecule has 3 heteroatoms. The van der Waals surface area contributed by atoms with Gasteiger partial charge in [-0.25, -0.2) is 0 Å². The van der Waals surface area contributed by atoms with Gasteiger partial charge in [0.25, 0.3) is 0 Å². The Bertz CT molecular complexity index is 431. The summed E-state index contributed by atoms with van der Waals surface area (Å²) in [6.07, 6.45) is 2.05. The number of hydrogen-bond donors (Lipinski definition) is 1. The molecule has 0 saturated carbocycles. The Balaban J connectivity index is 2.26. The molecule has 1 heterocycles. The molecule has 0 spiro atoms. The van der Waals surface area contributed by atoms with E-state index < -0.39 is 0 Å². The molecule has 100 valence electrons. The Hall–Kier alpha value is -0.540. The fraction of sp³-hybridized carbons (Fsp3) is 0.600. The van der Waals surface area contributed by atoms with Gasteiger partial charge in [0.2, 0.25) is 0 Å². The van der Waals surface area contributed by atoms with Crippen molar-refractivity contribution in [2.45, 2.75) is 39.2 Å². The van der Waals surface area contributed by atoms with E-state index in [0.29, 0.717) is 12.5 Å². The number of aliphatic hydroxyl groups excluding tert-OH is 1. The van der Waals surface area contributed by atoms with Crippen LogP contribution in [-0.4, -0.2) is 23.8 Å². The summed E-state index contributed by atoms with van der Waals surface area (Å²) in [6.45, 7) is 8.02. The number of nitrogens with zero attached hydrogens (tertiary/aromatic N) is 1. The zero-order valence-corrected chi connectivity index (χ0v) is 13.0. The summed E-state index contributed by atoms with van der Waals surface area (Å²) in [7, 11) is 0. The van der Waals surface area contributed by atoms with Crippen LogP contribution in [0.1, 0.15) is 32.3 Å². The lowest BCUT2D eigenvalue weighted by molar-refractivity contribution is 0.259. The van der Waals surface area contributed by atoms with Crippen LogP contribution in [0, 0.1) is 12.8 Å². The maximum absolute atomic E-state index is 9.12. The maximum Gasteiger partial charge on any atom is 0.0515 e. The van der Waals surface area contributed by atoms with E-state index in [1.165, 1.54) is 15.7 Å². The molecule has 0 aromatic heterocycles. The molecule has 2 nitrogen and oxygen atoms in total. The predicted octanol–water partition coefficient (Wildman–Crippen LogP) is 3.74. The molecular formula is C15H22BrNO. The number of hydrogen-bond acceptors (Lipinski definition) is 2. The molecular weight excluding hydrogens is 290 g/mol. The van der Waals surface area contributed by atoms with E-state index in [4.69, 9.17) is 5.11 Å². The number of rotatable bonds is 3. The first-order valence-electron chi connectivity index (χ1n) is 6.58. The van der Waals surface area contributed by atoms with Crippen LogP contribution in [0.4, 0.5) is 5.69 Å². The van der Waals surface area contributed by atoms with E-state index in [1.807, 2.05) is 0 Å². The summed E-state index contributed by atoms with van der Waals surface area (Å²) in [6, 6.07) is 6.53. The molecule has 0 bridgehead atoms. The quantitative estimate of drug-likeness (QED) is 0.919. The molecule has 1 aromatic carbocycles. The monoisotopic (exact) mass is 311 g/mol. The van der Waals surface area contributed by atoms with Crippen LogP contribution >= 0.6 is 15.9 Å². The number of aliphatic hydroxyl groups is 1. The zero-order chi connectivity index (χ0) is 13.3. The minimum atomic E-state index is 0.164. The van der Waals surface area contributed by atoms with Gasteiger partial charge < -0.3 is 10.0 Å². The fourth-order valence-corrected chi connectivity index (χ4v) is 3.72. The lowest BCUT2D eigenvalue weighted by Crippen LogP contribution is -2.38. The van der Waals surface area contributed by atoms with E-state index in [-0.39, 0.29) is 5.54 Å². The molecule has 1 atom stereocenters. The average molecular weight is 312 g/mol. The van der Waals surface area contributed by atoms with Crippen LogP contribution in [0.15, 0.2) is 22.7 Å². The van der Waals surface area contributed by atoms with Crippen LogP contribution in [0.5, 0.6) is 0 Å². The Kier molecular flexibility index (Phi) is 4.02. The first-order valence-corrected chi connectivity index (χ1v) is 7.38. The summed E-state index contributed by atoms with van der Waals surface area (Å²) in [4.78, 5) is 2.47. The third-order valence-electron chi connectivity index (χ3n) is 3.89. The van der Waals surface area contributed by atoms with Crippen LogP contribution in [0.2, 0.25) is 0 Å².